The number of aryl methyl sites for hydroxylation is 1. The molecule has 0 saturated carbocycles. The van der Waals surface area contributed by atoms with Crippen LogP contribution in [0.5, 0.6) is 5.75 Å². The SMILES string of the molecule is CCN1C(=O)/C(=C/c2cc(C)n(-c3ccc(Cl)cc3)c2C)SC1=Nc1ccc(OC)cc1. The summed E-state index contributed by atoms with van der Waals surface area (Å²) >= 11 is 7.45. The molecular formula is C25H24ClN3O2S. The molecule has 1 amide bonds. The van der Waals surface area contributed by atoms with Crippen molar-refractivity contribution in [1.82, 2.24) is 9.47 Å². The first kappa shape index (κ1) is 22.2. The minimum atomic E-state index is -0.0268. The van der Waals surface area contributed by atoms with E-state index in [9.17, 15) is 4.79 Å². The number of amides is 1. The third-order valence-corrected chi connectivity index (χ3v) is 6.60. The molecule has 1 aliphatic heterocycles. The zero-order valence-electron chi connectivity index (χ0n) is 18.4. The predicted molar refractivity (Wildman–Crippen MR) is 133 cm³/mol. The standard InChI is InChI=1S/C25H24ClN3O2S/c1-5-28-24(30)23(32-25(28)27-20-8-12-22(31-4)13-9-20)15-18-14-16(2)29(17(18)3)21-10-6-19(26)7-11-21/h6-15H,5H2,1-4H3/b23-15-,27-25?. The molecule has 7 heteroatoms. The van der Waals surface area contributed by atoms with Gasteiger partial charge in [0.05, 0.1) is 17.7 Å². The molecule has 3 aromatic rings. The van der Waals surface area contributed by atoms with Crippen LogP contribution in [-0.4, -0.2) is 34.2 Å². The monoisotopic (exact) mass is 465 g/mol. The number of hydrogen-bond acceptors (Lipinski definition) is 4. The van der Waals surface area contributed by atoms with Crippen LogP contribution < -0.4 is 4.74 Å². The van der Waals surface area contributed by atoms with E-state index in [2.05, 4.69) is 24.5 Å². The molecule has 2 aromatic carbocycles. The number of rotatable bonds is 5. The second kappa shape index (κ2) is 9.27. The lowest BCUT2D eigenvalue weighted by atomic mass is 10.2. The van der Waals surface area contributed by atoms with Crippen molar-refractivity contribution >= 4 is 46.2 Å². The highest BCUT2D eigenvalue weighted by Gasteiger charge is 2.32. The Morgan fingerprint density at radius 3 is 2.41 bits per heavy atom. The fraction of sp³-hybridized carbons (Fsp3) is 0.200. The maximum absolute atomic E-state index is 13.1. The summed E-state index contributed by atoms with van der Waals surface area (Å²) < 4.78 is 7.37. The number of carbonyl (C=O) groups excluding carboxylic acids is 1. The first-order valence-corrected chi connectivity index (χ1v) is 11.5. The molecule has 1 aliphatic rings. The number of nitrogens with zero attached hydrogens (tertiary/aromatic N) is 3. The number of hydrogen-bond donors (Lipinski definition) is 0. The Balaban J connectivity index is 1.67. The Hall–Kier alpha value is -2.96. The van der Waals surface area contributed by atoms with E-state index < -0.39 is 0 Å². The first-order chi connectivity index (χ1) is 15.4. The highest BCUT2D eigenvalue weighted by atomic mass is 35.5. The fourth-order valence-electron chi connectivity index (χ4n) is 3.70. The Morgan fingerprint density at radius 2 is 1.78 bits per heavy atom. The predicted octanol–water partition coefficient (Wildman–Crippen LogP) is 6.38. The van der Waals surface area contributed by atoms with Crippen molar-refractivity contribution in [1.29, 1.82) is 0 Å². The van der Waals surface area contributed by atoms with Crippen molar-refractivity contribution in [3.8, 4) is 11.4 Å². The number of aromatic nitrogens is 1. The van der Waals surface area contributed by atoms with Gasteiger partial charge in [-0.05, 0) is 98.8 Å². The quantitative estimate of drug-likeness (QED) is 0.411. The van der Waals surface area contributed by atoms with Crippen LogP contribution in [0.25, 0.3) is 11.8 Å². The zero-order chi connectivity index (χ0) is 22.8. The Kier molecular flexibility index (Phi) is 6.44. The molecular weight excluding hydrogens is 442 g/mol. The molecule has 5 nitrogen and oxygen atoms in total. The van der Waals surface area contributed by atoms with Gasteiger partial charge in [0.2, 0.25) is 0 Å². The van der Waals surface area contributed by atoms with Gasteiger partial charge in [0, 0.05) is 28.6 Å². The molecule has 164 valence electrons. The molecule has 0 atom stereocenters. The summed E-state index contributed by atoms with van der Waals surface area (Å²) in [6.07, 6.45) is 1.96. The second-order valence-corrected chi connectivity index (χ2v) is 8.84. The summed E-state index contributed by atoms with van der Waals surface area (Å²) in [5.74, 6) is 0.745. The van der Waals surface area contributed by atoms with Gasteiger partial charge in [0.15, 0.2) is 5.17 Å². The molecule has 0 unspecified atom stereocenters. The first-order valence-electron chi connectivity index (χ1n) is 10.3. The summed E-state index contributed by atoms with van der Waals surface area (Å²) in [7, 11) is 1.63. The summed E-state index contributed by atoms with van der Waals surface area (Å²) in [5.41, 5.74) is 4.98. The number of likely N-dealkylation sites (N-methyl/N-ethyl adjacent to an activating group) is 1. The molecule has 32 heavy (non-hydrogen) atoms. The van der Waals surface area contributed by atoms with Crippen molar-refractivity contribution in [2.24, 2.45) is 4.99 Å². The van der Waals surface area contributed by atoms with E-state index in [1.165, 1.54) is 11.8 Å². The van der Waals surface area contributed by atoms with Crippen molar-refractivity contribution in [3.05, 3.63) is 81.5 Å². The summed E-state index contributed by atoms with van der Waals surface area (Å²) in [4.78, 5) is 20.1. The normalized spacial score (nSPS) is 16.4. The topological polar surface area (TPSA) is 46.8 Å². The van der Waals surface area contributed by atoms with Gasteiger partial charge in [-0.15, -0.1) is 0 Å². The number of thioether (sulfide) groups is 1. The van der Waals surface area contributed by atoms with Crippen LogP contribution in [0.4, 0.5) is 5.69 Å². The molecule has 1 aromatic heterocycles. The molecule has 0 bridgehead atoms. The maximum atomic E-state index is 13.1. The van der Waals surface area contributed by atoms with Crippen molar-refractivity contribution in [2.45, 2.75) is 20.8 Å². The summed E-state index contributed by atoms with van der Waals surface area (Å²) in [6, 6.07) is 17.3. The van der Waals surface area contributed by atoms with Crippen LogP contribution >= 0.6 is 23.4 Å². The van der Waals surface area contributed by atoms with Gasteiger partial charge in [-0.2, -0.15) is 0 Å². The van der Waals surface area contributed by atoms with Crippen LogP contribution in [0.2, 0.25) is 5.02 Å². The highest BCUT2D eigenvalue weighted by Crippen LogP contribution is 2.35. The van der Waals surface area contributed by atoms with Gasteiger partial charge in [-0.3, -0.25) is 9.69 Å². The molecule has 0 N–H and O–H groups in total. The number of halogens is 1. The maximum Gasteiger partial charge on any atom is 0.266 e. The van der Waals surface area contributed by atoms with Gasteiger partial charge in [-0.25, -0.2) is 4.99 Å². The molecule has 2 heterocycles. The van der Waals surface area contributed by atoms with Gasteiger partial charge < -0.3 is 9.30 Å². The Bertz CT molecular complexity index is 1210. The van der Waals surface area contributed by atoms with E-state index in [0.29, 0.717) is 21.6 Å². The molecule has 0 aliphatic carbocycles. The number of benzene rings is 2. The van der Waals surface area contributed by atoms with Crippen LogP contribution in [0, 0.1) is 13.8 Å². The van der Waals surface area contributed by atoms with Gasteiger partial charge in [0.1, 0.15) is 5.75 Å². The summed E-state index contributed by atoms with van der Waals surface area (Å²) in [6.45, 7) is 6.63. The molecule has 0 spiro atoms. The van der Waals surface area contributed by atoms with Crippen LogP contribution in [0.15, 0.2) is 64.5 Å². The van der Waals surface area contributed by atoms with E-state index in [1.54, 1.807) is 12.0 Å². The smallest absolute Gasteiger partial charge is 0.266 e. The van der Waals surface area contributed by atoms with E-state index in [-0.39, 0.29) is 5.91 Å². The van der Waals surface area contributed by atoms with E-state index in [0.717, 1.165) is 34.1 Å². The van der Waals surface area contributed by atoms with E-state index in [1.807, 2.05) is 61.5 Å². The van der Waals surface area contributed by atoms with Crippen LogP contribution in [-0.2, 0) is 4.79 Å². The van der Waals surface area contributed by atoms with Gasteiger partial charge >= 0.3 is 0 Å². The lowest BCUT2D eigenvalue weighted by molar-refractivity contribution is -0.122. The second-order valence-electron chi connectivity index (χ2n) is 7.39. The fourth-order valence-corrected chi connectivity index (χ4v) is 4.88. The molecule has 4 rings (SSSR count). The lowest BCUT2D eigenvalue weighted by Crippen LogP contribution is -2.28. The number of aliphatic imine (C=N–C) groups is 1. The molecule has 1 fully saturated rings. The van der Waals surface area contributed by atoms with Crippen LogP contribution in [0.3, 0.4) is 0 Å². The Morgan fingerprint density at radius 1 is 1.09 bits per heavy atom. The van der Waals surface area contributed by atoms with E-state index in [4.69, 9.17) is 21.3 Å². The van der Waals surface area contributed by atoms with E-state index >= 15 is 0 Å². The largest absolute Gasteiger partial charge is 0.497 e. The van der Waals surface area contributed by atoms with Crippen LogP contribution in [0.1, 0.15) is 23.9 Å². The average molecular weight is 466 g/mol. The van der Waals surface area contributed by atoms with Crippen molar-refractivity contribution < 1.29 is 9.53 Å². The van der Waals surface area contributed by atoms with Crippen molar-refractivity contribution in [3.63, 3.8) is 0 Å². The minimum absolute atomic E-state index is 0.0268. The van der Waals surface area contributed by atoms with Gasteiger partial charge in [-0.1, -0.05) is 11.6 Å². The highest BCUT2D eigenvalue weighted by molar-refractivity contribution is 8.18. The Labute approximate surface area is 197 Å². The zero-order valence-corrected chi connectivity index (χ0v) is 20.0. The molecule has 0 radical (unpaired) electrons. The third-order valence-electron chi connectivity index (χ3n) is 5.34. The van der Waals surface area contributed by atoms with Gasteiger partial charge in [0.25, 0.3) is 5.91 Å². The third kappa shape index (κ3) is 4.33. The number of amidine groups is 1. The average Bonchev–Trinajstić information content (AvgIpc) is 3.24. The number of methoxy groups -OCH3 is 1. The summed E-state index contributed by atoms with van der Waals surface area (Å²) in [5, 5.41) is 1.38. The number of carbonyl (C=O) groups is 1. The number of ether oxygens (including phenoxy) is 1. The minimum Gasteiger partial charge on any atom is -0.497 e. The molecule has 1 saturated heterocycles. The van der Waals surface area contributed by atoms with Crippen molar-refractivity contribution in [2.75, 3.05) is 13.7 Å². The lowest BCUT2D eigenvalue weighted by Gasteiger charge is -2.12.